The second-order valence-electron chi connectivity index (χ2n) is 3.54. The fourth-order valence-electron chi connectivity index (χ4n) is 1.56. The molecule has 1 heterocycles. The molecule has 1 aromatic heterocycles. The van der Waals surface area contributed by atoms with Gasteiger partial charge in [-0.1, -0.05) is 6.92 Å². The first-order valence-corrected chi connectivity index (χ1v) is 4.99. The first-order chi connectivity index (χ1) is 7.20. The number of benzene rings is 1. The van der Waals surface area contributed by atoms with Crippen molar-refractivity contribution in [2.75, 3.05) is 5.73 Å². The third-order valence-corrected chi connectivity index (χ3v) is 2.27. The summed E-state index contributed by atoms with van der Waals surface area (Å²) in [5.74, 6) is 0.736. The monoisotopic (exact) mass is 203 g/mol. The second kappa shape index (κ2) is 3.73. The van der Waals surface area contributed by atoms with E-state index < -0.39 is 0 Å². The number of aromatic amines is 1. The number of H-pyrrole nitrogens is 1. The van der Waals surface area contributed by atoms with Crippen LogP contribution < -0.4 is 11.3 Å². The Kier molecular flexibility index (Phi) is 2.41. The Morgan fingerprint density at radius 2 is 2.27 bits per heavy atom. The molecule has 78 valence electrons. The molecule has 0 bridgehead atoms. The van der Waals surface area contributed by atoms with Gasteiger partial charge in [-0.05, 0) is 24.6 Å². The van der Waals surface area contributed by atoms with E-state index in [9.17, 15) is 4.79 Å². The average Bonchev–Trinajstić information content (AvgIpc) is 2.20. The van der Waals surface area contributed by atoms with E-state index in [4.69, 9.17) is 5.73 Å². The minimum atomic E-state index is -0.115. The SMILES string of the molecule is CCCc1nc2ccc(N)cc2c(=O)[nH]1. The molecule has 4 heteroatoms. The van der Waals surface area contributed by atoms with Crippen molar-refractivity contribution in [1.82, 2.24) is 9.97 Å². The Labute approximate surface area is 87.1 Å². The number of rotatable bonds is 2. The smallest absolute Gasteiger partial charge is 0.258 e. The van der Waals surface area contributed by atoms with Crippen molar-refractivity contribution >= 4 is 16.6 Å². The molecule has 0 atom stereocenters. The first-order valence-electron chi connectivity index (χ1n) is 4.99. The standard InChI is InChI=1S/C11H13N3O/c1-2-3-10-13-9-5-4-7(12)6-8(9)11(15)14-10/h4-6H,2-3,12H2,1H3,(H,13,14,15). The van der Waals surface area contributed by atoms with Crippen LogP contribution in [0.5, 0.6) is 0 Å². The average molecular weight is 203 g/mol. The molecule has 0 aliphatic carbocycles. The number of aromatic nitrogens is 2. The lowest BCUT2D eigenvalue weighted by Gasteiger charge is -2.01. The minimum Gasteiger partial charge on any atom is -0.399 e. The summed E-state index contributed by atoms with van der Waals surface area (Å²) in [6.45, 7) is 2.05. The molecule has 3 N–H and O–H groups in total. The van der Waals surface area contributed by atoms with E-state index in [-0.39, 0.29) is 5.56 Å². The largest absolute Gasteiger partial charge is 0.399 e. The van der Waals surface area contributed by atoms with E-state index in [1.54, 1.807) is 18.2 Å². The number of hydrogen-bond acceptors (Lipinski definition) is 3. The highest BCUT2D eigenvalue weighted by molar-refractivity contribution is 5.80. The molecule has 2 aromatic rings. The summed E-state index contributed by atoms with van der Waals surface area (Å²) in [5, 5.41) is 0.551. The minimum absolute atomic E-state index is 0.115. The summed E-state index contributed by atoms with van der Waals surface area (Å²) in [6, 6.07) is 5.18. The molecule has 0 saturated carbocycles. The predicted octanol–water partition coefficient (Wildman–Crippen LogP) is 1.46. The molecule has 0 amide bonds. The molecule has 4 nitrogen and oxygen atoms in total. The van der Waals surface area contributed by atoms with Gasteiger partial charge in [0, 0.05) is 12.1 Å². The molecule has 2 rings (SSSR count). The Morgan fingerprint density at radius 1 is 1.47 bits per heavy atom. The van der Waals surface area contributed by atoms with Gasteiger partial charge in [0.05, 0.1) is 10.9 Å². The van der Waals surface area contributed by atoms with Crippen LogP contribution in [0.15, 0.2) is 23.0 Å². The van der Waals surface area contributed by atoms with Crippen LogP contribution >= 0.6 is 0 Å². The summed E-state index contributed by atoms with van der Waals surface area (Å²) in [6.07, 6.45) is 1.75. The number of nitrogens with two attached hydrogens (primary N) is 1. The zero-order valence-corrected chi connectivity index (χ0v) is 8.58. The van der Waals surface area contributed by atoms with Crippen molar-refractivity contribution in [3.63, 3.8) is 0 Å². The molecule has 0 aliphatic heterocycles. The number of nitrogens with one attached hydrogen (secondary N) is 1. The predicted molar refractivity (Wildman–Crippen MR) is 60.8 cm³/mol. The third kappa shape index (κ3) is 1.83. The van der Waals surface area contributed by atoms with Crippen molar-refractivity contribution in [3.05, 3.63) is 34.4 Å². The number of anilines is 1. The molecule has 1 aromatic carbocycles. The molecular formula is C11H13N3O. The Morgan fingerprint density at radius 3 is 3.00 bits per heavy atom. The van der Waals surface area contributed by atoms with Gasteiger partial charge in [0.2, 0.25) is 0 Å². The Balaban J connectivity index is 2.67. The molecule has 0 radical (unpaired) electrons. The molecular weight excluding hydrogens is 190 g/mol. The number of fused-ring (bicyclic) bond motifs is 1. The summed E-state index contributed by atoms with van der Waals surface area (Å²) in [4.78, 5) is 18.8. The van der Waals surface area contributed by atoms with Crippen LogP contribution in [0.1, 0.15) is 19.2 Å². The molecule has 15 heavy (non-hydrogen) atoms. The summed E-state index contributed by atoms with van der Waals surface area (Å²) in [5.41, 5.74) is 6.78. The van der Waals surface area contributed by atoms with Crippen LogP contribution in [0.25, 0.3) is 10.9 Å². The molecule has 0 unspecified atom stereocenters. The van der Waals surface area contributed by atoms with E-state index in [1.807, 2.05) is 6.92 Å². The number of aryl methyl sites for hydroxylation is 1. The molecule has 0 spiro atoms. The van der Waals surface area contributed by atoms with Gasteiger partial charge < -0.3 is 10.7 Å². The highest BCUT2D eigenvalue weighted by Gasteiger charge is 2.03. The van der Waals surface area contributed by atoms with Crippen molar-refractivity contribution in [2.45, 2.75) is 19.8 Å². The van der Waals surface area contributed by atoms with Gasteiger partial charge in [0.1, 0.15) is 5.82 Å². The van der Waals surface area contributed by atoms with Crippen LogP contribution in [0.2, 0.25) is 0 Å². The Hall–Kier alpha value is -1.84. The zero-order chi connectivity index (χ0) is 10.8. The van der Waals surface area contributed by atoms with Gasteiger partial charge in [0.15, 0.2) is 0 Å². The summed E-state index contributed by atoms with van der Waals surface area (Å²) in [7, 11) is 0. The quantitative estimate of drug-likeness (QED) is 0.726. The highest BCUT2D eigenvalue weighted by atomic mass is 16.1. The van der Waals surface area contributed by atoms with E-state index in [0.29, 0.717) is 16.6 Å². The summed E-state index contributed by atoms with van der Waals surface area (Å²) < 4.78 is 0. The lowest BCUT2D eigenvalue weighted by atomic mass is 10.2. The normalized spacial score (nSPS) is 10.7. The van der Waals surface area contributed by atoms with Crippen LogP contribution in [-0.4, -0.2) is 9.97 Å². The lowest BCUT2D eigenvalue weighted by molar-refractivity contribution is 0.837. The van der Waals surface area contributed by atoms with Crippen molar-refractivity contribution in [2.24, 2.45) is 0 Å². The van der Waals surface area contributed by atoms with Gasteiger partial charge in [0.25, 0.3) is 5.56 Å². The third-order valence-electron chi connectivity index (χ3n) is 2.27. The molecule has 0 aliphatic rings. The molecule has 0 fully saturated rings. The van der Waals surface area contributed by atoms with Crippen molar-refractivity contribution in [3.8, 4) is 0 Å². The maximum absolute atomic E-state index is 11.7. The molecule has 0 saturated heterocycles. The topological polar surface area (TPSA) is 71.8 Å². The lowest BCUT2D eigenvalue weighted by Crippen LogP contribution is -2.12. The number of nitrogens with zero attached hydrogens (tertiary/aromatic N) is 1. The summed E-state index contributed by atoms with van der Waals surface area (Å²) >= 11 is 0. The van der Waals surface area contributed by atoms with Crippen LogP contribution in [0.4, 0.5) is 5.69 Å². The van der Waals surface area contributed by atoms with Gasteiger partial charge in [-0.25, -0.2) is 4.98 Å². The van der Waals surface area contributed by atoms with Crippen molar-refractivity contribution < 1.29 is 0 Å². The van der Waals surface area contributed by atoms with Gasteiger partial charge in [-0.3, -0.25) is 4.79 Å². The number of nitrogen functional groups attached to an aromatic ring is 1. The second-order valence-corrected chi connectivity index (χ2v) is 3.54. The fourth-order valence-corrected chi connectivity index (χ4v) is 1.56. The maximum atomic E-state index is 11.7. The van der Waals surface area contributed by atoms with Crippen LogP contribution in [0, 0.1) is 0 Å². The Bertz CT molecular complexity index is 545. The van der Waals surface area contributed by atoms with Crippen molar-refractivity contribution in [1.29, 1.82) is 0 Å². The zero-order valence-electron chi connectivity index (χ0n) is 8.58. The van der Waals surface area contributed by atoms with E-state index in [1.165, 1.54) is 0 Å². The van der Waals surface area contributed by atoms with Gasteiger partial charge in [-0.2, -0.15) is 0 Å². The highest BCUT2D eigenvalue weighted by Crippen LogP contribution is 2.11. The fraction of sp³-hybridized carbons (Fsp3) is 0.273. The first kappa shape index (κ1) is 9.71. The van der Waals surface area contributed by atoms with E-state index >= 15 is 0 Å². The van der Waals surface area contributed by atoms with Crippen LogP contribution in [-0.2, 0) is 6.42 Å². The van der Waals surface area contributed by atoms with Gasteiger partial charge >= 0.3 is 0 Å². The van der Waals surface area contributed by atoms with E-state index in [2.05, 4.69) is 9.97 Å². The van der Waals surface area contributed by atoms with Crippen LogP contribution in [0.3, 0.4) is 0 Å². The van der Waals surface area contributed by atoms with Gasteiger partial charge in [-0.15, -0.1) is 0 Å². The maximum Gasteiger partial charge on any atom is 0.258 e. The number of hydrogen-bond donors (Lipinski definition) is 2. The van der Waals surface area contributed by atoms with E-state index in [0.717, 1.165) is 18.7 Å².